The second-order valence-corrected chi connectivity index (χ2v) is 6.66. The van der Waals surface area contributed by atoms with Gasteiger partial charge in [-0.1, -0.05) is 46.3 Å². The second-order valence-electron chi connectivity index (χ2n) is 5.74. The van der Waals surface area contributed by atoms with Crippen molar-refractivity contribution in [1.82, 2.24) is 9.88 Å². The van der Waals surface area contributed by atoms with Crippen molar-refractivity contribution >= 4 is 33.2 Å². The summed E-state index contributed by atoms with van der Waals surface area (Å²) >= 11 is 3.41. The van der Waals surface area contributed by atoms with Gasteiger partial charge in [0, 0.05) is 29.9 Å². The Hall–Kier alpha value is -2.66. The van der Waals surface area contributed by atoms with E-state index in [1.54, 1.807) is 24.3 Å². The van der Waals surface area contributed by atoms with Crippen LogP contribution in [0.25, 0.3) is 0 Å². The number of pyridine rings is 1. The van der Waals surface area contributed by atoms with Crippen LogP contribution >= 0.6 is 15.9 Å². The molecule has 0 saturated carbocycles. The van der Waals surface area contributed by atoms with E-state index in [9.17, 15) is 4.79 Å². The quantitative estimate of drug-likeness (QED) is 0.670. The topological polar surface area (TPSA) is 45.2 Å². The molecule has 0 aliphatic carbocycles. The first-order valence-electron chi connectivity index (χ1n) is 7.89. The van der Waals surface area contributed by atoms with Crippen LogP contribution in [0.2, 0.25) is 0 Å². The van der Waals surface area contributed by atoms with E-state index in [2.05, 4.69) is 26.2 Å². The Kier molecular flexibility index (Phi) is 5.46. The third-order valence-electron chi connectivity index (χ3n) is 3.73. The fourth-order valence-electron chi connectivity index (χ4n) is 2.47. The maximum atomic E-state index is 12.7. The Morgan fingerprint density at radius 3 is 2.48 bits per heavy atom. The Morgan fingerprint density at radius 2 is 1.76 bits per heavy atom. The smallest absolute Gasteiger partial charge is 0.255 e. The summed E-state index contributed by atoms with van der Waals surface area (Å²) in [7, 11) is 1.80. The second kappa shape index (κ2) is 7.94. The molecule has 5 heteroatoms. The number of hydrogen-bond donors (Lipinski definition) is 1. The van der Waals surface area contributed by atoms with E-state index in [1.165, 1.54) is 0 Å². The third kappa shape index (κ3) is 4.67. The Bertz CT molecular complexity index is 850. The molecule has 1 N–H and O–H groups in total. The van der Waals surface area contributed by atoms with Gasteiger partial charge >= 0.3 is 0 Å². The highest BCUT2D eigenvalue weighted by atomic mass is 79.9. The zero-order valence-corrected chi connectivity index (χ0v) is 15.4. The van der Waals surface area contributed by atoms with E-state index in [0.29, 0.717) is 12.1 Å². The molecule has 3 aromatic rings. The highest BCUT2D eigenvalue weighted by Crippen LogP contribution is 2.20. The van der Waals surface area contributed by atoms with Crippen molar-refractivity contribution in [3.05, 3.63) is 88.7 Å². The number of carbonyl (C=O) groups excluding carboxylic acids is 1. The molecule has 0 unspecified atom stereocenters. The van der Waals surface area contributed by atoms with Gasteiger partial charge in [0.25, 0.3) is 5.91 Å². The molecule has 0 aliphatic heterocycles. The number of amides is 1. The van der Waals surface area contributed by atoms with Crippen molar-refractivity contribution in [2.45, 2.75) is 6.54 Å². The maximum absolute atomic E-state index is 12.7. The molecule has 3 rings (SSSR count). The van der Waals surface area contributed by atoms with Crippen molar-refractivity contribution < 1.29 is 4.79 Å². The number of rotatable bonds is 5. The minimum atomic E-state index is -0.0594. The maximum Gasteiger partial charge on any atom is 0.255 e. The Labute approximate surface area is 155 Å². The highest BCUT2D eigenvalue weighted by Gasteiger charge is 2.13. The molecular weight excluding hydrogens is 378 g/mol. The predicted octanol–water partition coefficient (Wildman–Crippen LogP) is 4.86. The van der Waals surface area contributed by atoms with E-state index >= 15 is 0 Å². The van der Waals surface area contributed by atoms with Crippen LogP contribution in [0.3, 0.4) is 0 Å². The summed E-state index contributed by atoms with van der Waals surface area (Å²) in [6, 6.07) is 19.6. The predicted molar refractivity (Wildman–Crippen MR) is 104 cm³/mol. The summed E-state index contributed by atoms with van der Waals surface area (Å²) in [5.41, 5.74) is 3.37. The number of nitrogens with zero attached hydrogens (tertiary/aromatic N) is 2. The van der Waals surface area contributed by atoms with E-state index in [4.69, 9.17) is 0 Å². The third-order valence-corrected chi connectivity index (χ3v) is 4.26. The fourth-order valence-corrected chi connectivity index (χ4v) is 2.74. The van der Waals surface area contributed by atoms with Gasteiger partial charge in [0.1, 0.15) is 0 Å². The lowest BCUT2D eigenvalue weighted by molar-refractivity contribution is 0.0784. The lowest BCUT2D eigenvalue weighted by Crippen LogP contribution is -2.26. The number of aromatic nitrogens is 1. The van der Waals surface area contributed by atoms with Crippen LogP contribution in [-0.4, -0.2) is 22.8 Å². The standard InChI is InChI=1S/C20H18BrN3O/c1-24(14-15-5-3-2-4-6-15)20(25)16-11-19(13-22-12-16)23-18-9-7-17(21)8-10-18/h2-13,23H,14H2,1H3. The summed E-state index contributed by atoms with van der Waals surface area (Å²) < 4.78 is 1.02. The van der Waals surface area contributed by atoms with Crippen molar-refractivity contribution in [3.63, 3.8) is 0 Å². The number of halogens is 1. The average Bonchev–Trinajstić information content (AvgIpc) is 2.64. The monoisotopic (exact) mass is 395 g/mol. The molecule has 1 heterocycles. The lowest BCUT2D eigenvalue weighted by Gasteiger charge is -2.17. The summed E-state index contributed by atoms with van der Waals surface area (Å²) in [6.07, 6.45) is 3.30. The first kappa shape index (κ1) is 17.2. The molecule has 0 fully saturated rings. The molecule has 4 nitrogen and oxygen atoms in total. The molecule has 25 heavy (non-hydrogen) atoms. The molecule has 0 radical (unpaired) electrons. The molecule has 1 aromatic heterocycles. The van der Waals surface area contributed by atoms with E-state index < -0.39 is 0 Å². The zero-order valence-electron chi connectivity index (χ0n) is 13.8. The normalized spacial score (nSPS) is 10.3. The highest BCUT2D eigenvalue weighted by molar-refractivity contribution is 9.10. The van der Waals surface area contributed by atoms with Gasteiger partial charge in [-0.05, 0) is 35.9 Å². The van der Waals surface area contributed by atoms with Crippen LogP contribution in [-0.2, 0) is 6.54 Å². The number of hydrogen-bond acceptors (Lipinski definition) is 3. The molecular formula is C20H18BrN3O. The Balaban J connectivity index is 1.71. The average molecular weight is 396 g/mol. The van der Waals surface area contributed by atoms with Crippen LogP contribution in [0.15, 0.2) is 77.5 Å². The Morgan fingerprint density at radius 1 is 1.04 bits per heavy atom. The van der Waals surface area contributed by atoms with Gasteiger partial charge in [-0.15, -0.1) is 0 Å². The van der Waals surface area contributed by atoms with Crippen LogP contribution in [0, 0.1) is 0 Å². The molecule has 0 spiro atoms. The molecule has 0 bridgehead atoms. The van der Waals surface area contributed by atoms with Gasteiger partial charge in [0.15, 0.2) is 0 Å². The summed E-state index contributed by atoms with van der Waals surface area (Å²) in [5, 5.41) is 3.26. The molecule has 0 aliphatic rings. The molecule has 0 saturated heterocycles. The largest absolute Gasteiger partial charge is 0.354 e. The van der Waals surface area contributed by atoms with Crippen molar-refractivity contribution in [2.24, 2.45) is 0 Å². The number of anilines is 2. The minimum Gasteiger partial charge on any atom is -0.354 e. The van der Waals surface area contributed by atoms with Crippen LogP contribution < -0.4 is 5.32 Å². The first-order chi connectivity index (χ1) is 12.1. The molecule has 2 aromatic carbocycles. The molecule has 0 atom stereocenters. The summed E-state index contributed by atoms with van der Waals surface area (Å²) in [6.45, 7) is 0.560. The molecule has 1 amide bonds. The van der Waals surface area contributed by atoms with Gasteiger partial charge < -0.3 is 10.2 Å². The van der Waals surface area contributed by atoms with E-state index in [1.807, 2.05) is 60.7 Å². The van der Waals surface area contributed by atoms with Crippen LogP contribution in [0.5, 0.6) is 0 Å². The van der Waals surface area contributed by atoms with E-state index in [-0.39, 0.29) is 5.91 Å². The van der Waals surface area contributed by atoms with E-state index in [0.717, 1.165) is 21.4 Å². The summed E-state index contributed by atoms with van der Waals surface area (Å²) in [5.74, 6) is -0.0594. The van der Waals surface area contributed by atoms with Gasteiger partial charge in [0.05, 0.1) is 17.4 Å². The van der Waals surface area contributed by atoms with Gasteiger partial charge in [-0.25, -0.2) is 0 Å². The van der Waals surface area contributed by atoms with Crippen molar-refractivity contribution in [2.75, 3.05) is 12.4 Å². The minimum absolute atomic E-state index is 0.0594. The van der Waals surface area contributed by atoms with Gasteiger partial charge in [-0.2, -0.15) is 0 Å². The van der Waals surface area contributed by atoms with Gasteiger partial charge in [-0.3, -0.25) is 9.78 Å². The number of carbonyl (C=O) groups is 1. The van der Waals surface area contributed by atoms with Crippen molar-refractivity contribution in [3.8, 4) is 0 Å². The number of nitrogens with one attached hydrogen (secondary N) is 1. The van der Waals surface area contributed by atoms with Crippen LogP contribution in [0.4, 0.5) is 11.4 Å². The SMILES string of the molecule is CN(Cc1ccccc1)C(=O)c1cncc(Nc2ccc(Br)cc2)c1. The summed E-state index contributed by atoms with van der Waals surface area (Å²) in [4.78, 5) is 18.5. The van der Waals surface area contributed by atoms with Crippen LogP contribution in [0.1, 0.15) is 15.9 Å². The number of benzene rings is 2. The zero-order chi connectivity index (χ0) is 17.6. The fraction of sp³-hybridized carbons (Fsp3) is 0.100. The lowest BCUT2D eigenvalue weighted by atomic mass is 10.2. The van der Waals surface area contributed by atoms with Gasteiger partial charge in [0.2, 0.25) is 0 Å². The molecule has 126 valence electrons. The van der Waals surface area contributed by atoms with Crippen molar-refractivity contribution in [1.29, 1.82) is 0 Å². The first-order valence-corrected chi connectivity index (χ1v) is 8.68.